The molecule has 0 aromatic heterocycles. The van der Waals surface area contributed by atoms with Gasteiger partial charge in [0.15, 0.2) is 0 Å². The van der Waals surface area contributed by atoms with E-state index >= 15 is 0 Å². The number of hydrogen-bond acceptors (Lipinski definition) is 2. The maximum atomic E-state index is 12.4. The maximum absolute atomic E-state index is 12.4. The zero-order valence-corrected chi connectivity index (χ0v) is 9.90. The highest BCUT2D eigenvalue weighted by atomic mass is 19.3. The first kappa shape index (κ1) is 14.3. The molecule has 0 heterocycles. The molecule has 0 unspecified atom stereocenters. The quantitative estimate of drug-likeness (QED) is 0.526. The Balaban J connectivity index is 3.53. The van der Waals surface area contributed by atoms with Crippen molar-refractivity contribution < 1.29 is 18.3 Å². The van der Waals surface area contributed by atoms with E-state index < -0.39 is 11.3 Å². The Morgan fingerprint density at radius 1 is 1.13 bits per heavy atom. The number of carbonyl (C=O) groups excluding carboxylic acids is 1. The molecule has 0 rings (SSSR count). The minimum absolute atomic E-state index is 0.153. The molecule has 0 aliphatic carbocycles. The lowest BCUT2D eigenvalue weighted by atomic mass is 9.97. The molecule has 90 valence electrons. The van der Waals surface area contributed by atoms with Crippen LogP contribution in [0.15, 0.2) is 0 Å². The molecule has 0 saturated carbocycles. The predicted octanol–water partition coefficient (Wildman–Crippen LogP) is 3.40. The molecular formula is C11H20F2O2. The maximum Gasteiger partial charge on any atom is 0.311 e. The number of alkyl halides is 2. The molecule has 0 aromatic rings. The lowest BCUT2D eigenvalue weighted by Gasteiger charge is -2.16. The van der Waals surface area contributed by atoms with Crippen molar-refractivity contribution in [1.82, 2.24) is 0 Å². The predicted molar refractivity (Wildman–Crippen MR) is 54.9 cm³/mol. The zero-order valence-electron chi connectivity index (χ0n) is 9.90. The van der Waals surface area contributed by atoms with Crippen LogP contribution in [-0.2, 0) is 9.53 Å². The highest BCUT2D eigenvalue weighted by Gasteiger charge is 2.23. The lowest BCUT2D eigenvalue weighted by molar-refractivity contribution is -0.153. The van der Waals surface area contributed by atoms with Gasteiger partial charge in [0.2, 0.25) is 5.92 Å². The number of ether oxygens (including phenoxy) is 1. The minimum Gasteiger partial charge on any atom is -0.465 e. The third-order valence-electron chi connectivity index (χ3n) is 1.86. The monoisotopic (exact) mass is 222 g/mol. The number of rotatable bonds is 5. The summed E-state index contributed by atoms with van der Waals surface area (Å²) in [7, 11) is 0. The summed E-state index contributed by atoms with van der Waals surface area (Å²) in [6, 6.07) is 0. The standard InChI is InChI=1S/C11H20F2O2/c1-10(2,3)9(14)15-8-6-5-7-11(4,12)13/h5-8H2,1-4H3. The van der Waals surface area contributed by atoms with Crippen LogP contribution >= 0.6 is 0 Å². The van der Waals surface area contributed by atoms with Crippen LogP contribution in [0.25, 0.3) is 0 Å². The van der Waals surface area contributed by atoms with Gasteiger partial charge in [-0.25, -0.2) is 8.78 Å². The van der Waals surface area contributed by atoms with E-state index in [1.807, 2.05) is 0 Å². The third-order valence-corrected chi connectivity index (χ3v) is 1.86. The Labute approximate surface area is 90.0 Å². The van der Waals surface area contributed by atoms with Gasteiger partial charge in [0.1, 0.15) is 0 Å². The van der Waals surface area contributed by atoms with Crippen LogP contribution in [-0.4, -0.2) is 18.5 Å². The SMILES string of the molecule is CC(F)(F)CCCCOC(=O)C(C)(C)C. The van der Waals surface area contributed by atoms with E-state index in [0.717, 1.165) is 6.92 Å². The van der Waals surface area contributed by atoms with Crippen LogP contribution in [0.5, 0.6) is 0 Å². The van der Waals surface area contributed by atoms with E-state index in [0.29, 0.717) is 12.8 Å². The van der Waals surface area contributed by atoms with E-state index in [4.69, 9.17) is 4.74 Å². The van der Waals surface area contributed by atoms with Crippen LogP contribution in [0.4, 0.5) is 8.78 Å². The molecule has 0 saturated heterocycles. The molecule has 0 fully saturated rings. The molecule has 15 heavy (non-hydrogen) atoms. The van der Waals surface area contributed by atoms with Crippen molar-refractivity contribution in [2.45, 2.75) is 52.9 Å². The van der Waals surface area contributed by atoms with E-state index in [-0.39, 0.29) is 19.0 Å². The number of hydrogen-bond donors (Lipinski definition) is 0. The van der Waals surface area contributed by atoms with Crippen molar-refractivity contribution in [2.75, 3.05) is 6.61 Å². The second-order valence-corrected chi connectivity index (χ2v) is 4.91. The van der Waals surface area contributed by atoms with Gasteiger partial charge in [-0.1, -0.05) is 0 Å². The Kier molecular flexibility index (Phi) is 5.18. The summed E-state index contributed by atoms with van der Waals surface area (Å²) in [5, 5.41) is 0. The summed E-state index contributed by atoms with van der Waals surface area (Å²) in [5.41, 5.74) is -0.519. The van der Waals surface area contributed by atoms with Crippen LogP contribution in [0, 0.1) is 5.41 Å². The van der Waals surface area contributed by atoms with E-state index in [1.165, 1.54) is 0 Å². The van der Waals surface area contributed by atoms with Crippen molar-refractivity contribution in [2.24, 2.45) is 5.41 Å². The van der Waals surface area contributed by atoms with E-state index in [9.17, 15) is 13.6 Å². The fourth-order valence-corrected chi connectivity index (χ4v) is 0.919. The van der Waals surface area contributed by atoms with Gasteiger partial charge >= 0.3 is 5.97 Å². The molecule has 0 atom stereocenters. The van der Waals surface area contributed by atoms with Gasteiger partial charge in [-0.05, 0) is 40.5 Å². The second kappa shape index (κ2) is 5.42. The molecule has 0 aliphatic heterocycles. The summed E-state index contributed by atoms with van der Waals surface area (Å²) >= 11 is 0. The van der Waals surface area contributed by atoms with Gasteiger partial charge in [-0.3, -0.25) is 4.79 Å². The average Bonchev–Trinajstić information content (AvgIpc) is 1.99. The van der Waals surface area contributed by atoms with Crippen molar-refractivity contribution >= 4 is 5.97 Å². The second-order valence-electron chi connectivity index (χ2n) is 4.91. The van der Waals surface area contributed by atoms with Crippen LogP contribution in [0.3, 0.4) is 0 Å². The normalized spacial score (nSPS) is 12.7. The van der Waals surface area contributed by atoms with Gasteiger partial charge in [-0.15, -0.1) is 0 Å². The van der Waals surface area contributed by atoms with E-state index in [2.05, 4.69) is 0 Å². The molecule has 0 N–H and O–H groups in total. The largest absolute Gasteiger partial charge is 0.465 e. The zero-order chi connectivity index (χ0) is 12.1. The Hall–Kier alpha value is -0.670. The van der Waals surface area contributed by atoms with Gasteiger partial charge in [0.25, 0.3) is 0 Å². The topological polar surface area (TPSA) is 26.3 Å². The molecule has 4 heteroatoms. The molecule has 0 radical (unpaired) electrons. The smallest absolute Gasteiger partial charge is 0.311 e. The fourth-order valence-electron chi connectivity index (χ4n) is 0.919. The van der Waals surface area contributed by atoms with Gasteiger partial charge in [-0.2, -0.15) is 0 Å². The fraction of sp³-hybridized carbons (Fsp3) is 0.909. The molecule has 2 nitrogen and oxygen atoms in total. The molecule has 0 aliphatic rings. The summed E-state index contributed by atoms with van der Waals surface area (Å²) < 4.78 is 29.7. The van der Waals surface area contributed by atoms with Crippen molar-refractivity contribution in [3.63, 3.8) is 0 Å². The number of unbranched alkanes of at least 4 members (excludes halogenated alkanes) is 1. The molecular weight excluding hydrogens is 202 g/mol. The Morgan fingerprint density at radius 3 is 2.07 bits per heavy atom. The first-order valence-electron chi connectivity index (χ1n) is 5.18. The Morgan fingerprint density at radius 2 is 1.67 bits per heavy atom. The molecule has 0 aromatic carbocycles. The van der Waals surface area contributed by atoms with Gasteiger partial charge in [0, 0.05) is 6.42 Å². The number of halogens is 2. The minimum atomic E-state index is -2.62. The van der Waals surface area contributed by atoms with Gasteiger partial charge in [0.05, 0.1) is 12.0 Å². The first-order chi connectivity index (χ1) is 6.63. The Bertz CT molecular complexity index is 202. The molecule has 0 spiro atoms. The number of carbonyl (C=O) groups is 1. The molecule has 0 bridgehead atoms. The highest BCUT2D eigenvalue weighted by Crippen LogP contribution is 2.20. The first-order valence-corrected chi connectivity index (χ1v) is 5.18. The lowest BCUT2D eigenvalue weighted by Crippen LogP contribution is -2.23. The summed E-state index contributed by atoms with van der Waals surface area (Å²) in [6.45, 7) is 6.40. The molecule has 0 amide bonds. The van der Waals surface area contributed by atoms with Crippen molar-refractivity contribution in [3.05, 3.63) is 0 Å². The highest BCUT2D eigenvalue weighted by molar-refractivity contribution is 5.75. The average molecular weight is 222 g/mol. The van der Waals surface area contributed by atoms with Crippen LogP contribution in [0.2, 0.25) is 0 Å². The number of esters is 1. The summed E-state index contributed by atoms with van der Waals surface area (Å²) in [4.78, 5) is 11.3. The van der Waals surface area contributed by atoms with Gasteiger partial charge < -0.3 is 4.74 Å². The summed E-state index contributed by atoms with van der Waals surface area (Å²) in [5.74, 6) is -2.90. The van der Waals surface area contributed by atoms with E-state index in [1.54, 1.807) is 20.8 Å². The van der Waals surface area contributed by atoms with Crippen molar-refractivity contribution in [1.29, 1.82) is 0 Å². The summed E-state index contributed by atoms with van der Waals surface area (Å²) in [6.07, 6.45) is 0.715. The van der Waals surface area contributed by atoms with Crippen LogP contribution < -0.4 is 0 Å². The third kappa shape index (κ3) is 8.33. The van der Waals surface area contributed by atoms with Crippen LogP contribution in [0.1, 0.15) is 47.0 Å². The van der Waals surface area contributed by atoms with Crippen molar-refractivity contribution in [3.8, 4) is 0 Å².